The van der Waals surface area contributed by atoms with Crippen molar-refractivity contribution >= 4 is 40.0 Å². The molecule has 1 aromatic heterocycles. The van der Waals surface area contributed by atoms with E-state index in [0.717, 1.165) is 16.3 Å². The number of carboxylic acid groups (broad SMARTS) is 1. The highest BCUT2D eigenvalue weighted by Gasteiger charge is 2.29. The number of benzene rings is 3. The van der Waals surface area contributed by atoms with E-state index in [1.165, 1.54) is 0 Å². The molecular formula is C31H33N5O4. The number of carboxylic acids is 1. The zero-order valence-corrected chi connectivity index (χ0v) is 22.9. The van der Waals surface area contributed by atoms with E-state index in [9.17, 15) is 14.7 Å². The third kappa shape index (κ3) is 5.89. The van der Waals surface area contributed by atoms with Crippen molar-refractivity contribution in [3.05, 3.63) is 89.2 Å². The molecule has 3 aromatic carbocycles. The van der Waals surface area contributed by atoms with Crippen molar-refractivity contribution < 1.29 is 19.4 Å². The molecular weight excluding hydrogens is 506 g/mol. The van der Waals surface area contributed by atoms with Crippen LogP contribution in [0.5, 0.6) is 0 Å². The van der Waals surface area contributed by atoms with Crippen molar-refractivity contribution in [1.29, 1.82) is 0 Å². The molecule has 5 rings (SSSR count). The third-order valence-electron chi connectivity index (χ3n) is 7.08. The Bertz CT molecular complexity index is 1530. The topological polar surface area (TPSA) is 108 Å². The van der Waals surface area contributed by atoms with Crippen LogP contribution in [0, 0.1) is 0 Å². The number of hydrogen-bond donors (Lipinski definition) is 2. The molecule has 4 aromatic rings. The molecule has 1 atom stereocenters. The Balaban J connectivity index is 1.38. The Labute approximate surface area is 233 Å². The van der Waals surface area contributed by atoms with Gasteiger partial charge in [0.25, 0.3) is 5.91 Å². The quantitative estimate of drug-likeness (QED) is 0.336. The van der Waals surface area contributed by atoms with Crippen LogP contribution < -0.4 is 15.1 Å². The van der Waals surface area contributed by atoms with E-state index in [0.29, 0.717) is 67.0 Å². The number of aromatic nitrogens is 2. The van der Waals surface area contributed by atoms with E-state index in [1.807, 2.05) is 85.7 Å². The summed E-state index contributed by atoms with van der Waals surface area (Å²) in [5.41, 5.74) is 2.87. The number of fused-ring (bicyclic) bond motifs is 1. The highest BCUT2D eigenvalue weighted by atomic mass is 16.5. The predicted molar refractivity (Wildman–Crippen MR) is 157 cm³/mol. The number of rotatable bonds is 8. The van der Waals surface area contributed by atoms with Gasteiger partial charge in [0.1, 0.15) is 17.5 Å². The van der Waals surface area contributed by atoms with E-state index >= 15 is 0 Å². The second-order valence-corrected chi connectivity index (χ2v) is 10.1. The Morgan fingerprint density at radius 3 is 2.38 bits per heavy atom. The molecule has 0 radical (unpaired) electrons. The lowest BCUT2D eigenvalue weighted by Gasteiger charge is -2.32. The highest BCUT2D eigenvalue weighted by Crippen LogP contribution is 2.34. The summed E-state index contributed by atoms with van der Waals surface area (Å²) in [5.74, 6) is -0.0212. The average Bonchev–Trinajstić information content (AvgIpc) is 2.97. The fourth-order valence-corrected chi connectivity index (χ4v) is 4.86. The summed E-state index contributed by atoms with van der Waals surface area (Å²) < 4.78 is 5.52. The molecule has 0 spiro atoms. The Kier molecular flexibility index (Phi) is 7.93. The van der Waals surface area contributed by atoms with Gasteiger partial charge in [-0.15, -0.1) is 0 Å². The number of nitrogens with zero attached hydrogens (tertiary/aromatic N) is 4. The monoisotopic (exact) mass is 539 g/mol. The smallest absolute Gasteiger partial charge is 0.310 e. The van der Waals surface area contributed by atoms with Gasteiger partial charge in [-0.05, 0) is 47.5 Å². The summed E-state index contributed by atoms with van der Waals surface area (Å²) >= 11 is 0. The number of nitrogens with one attached hydrogen (secondary N) is 1. The van der Waals surface area contributed by atoms with Crippen LogP contribution in [0.4, 0.5) is 17.3 Å². The second-order valence-electron chi connectivity index (χ2n) is 10.1. The Hall–Kier alpha value is -4.50. The molecule has 0 saturated carbocycles. The summed E-state index contributed by atoms with van der Waals surface area (Å²) in [5, 5.41) is 14.9. The van der Waals surface area contributed by atoms with E-state index in [1.54, 1.807) is 6.92 Å². The Morgan fingerprint density at radius 2 is 1.70 bits per heavy atom. The first-order valence-corrected chi connectivity index (χ1v) is 13.3. The average molecular weight is 540 g/mol. The summed E-state index contributed by atoms with van der Waals surface area (Å²) in [6.07, 6.45) is 0.457. The molecule has 1 fully saturated rings. The van der Waals surface area contributed by atoms with Crippen LogP contribution in [-0.2, 0) is 16.0 Å². The van der Waals surface area contributed by atoms with Gasteiger partial charge in [0, 0.05) is 44.9 Å². The maximum Gasteiger partial charge on any atom is 0.310 e. The molecule has 0 aliphatic carbocycles. The number of carbonyl (C=O) groups excluding carboxylic acids is 1. The van der Waals surface area contributed by atoms with Crippen molar-refractivity contribution in [3.63, 3.8) is 0 Å². The van der Waals surface area contributed by atoms with Gasteiger partial charge in [0.05, 0.1) is 24.7 Å². The largest absolute Gasteiger partial charge is 0.481 e. The molecule has 1 unspecified atom stereocenters. The zero-order chi connectivity index (χ0) is 28.2. The fraction of sp³-hybridized carbons (Fsp3) is 0.290. The van der Waals surface area contributed by atoms with Crippen molar-refractivity contribution in [1.82, 2.24) is 9.97 Å². The zero-order valence-electron chi connectivity index (χ0n) is 22.9. The lowest BCUT2D eigenvalue weighted by molar-refractivity contribution is -0.138. The maximum atomic E-state index is 12.9. The van der Waals surface area contributed by atoms with Crippen molar-refractivity contribution in [2.45, 2.75) is 19.3 Å². The number of morpholine rings is 1. The van der Waals surface area contributed by atoms with Crippen LogP contribution in [0.25, 0.3) is 10.8 Å². The first-order chi connectivity index (χ1) is 19.3. The van der Waals surface area contributed by atoms with Crippen molar-refractivity contribution in [2.75, 3.05) is 55.5 Å². The van der Waals surface area contributed by atoms with Crippen LogP contribution >= 0.6 is 0 Å². The maximum absolute atomic E-state index is 12.9. The minimum absolute atomic E-state index is 0.171. The number of anilines is 3. The Morgan fingerprint density at radius 1 is 1.00 bits per heavy atom. The third-order valence-corrected chi connectivity index (χ3v) is 7.08. The normalized spacial score (nSPS) is 14.1. The van der Waals surface area contributed by atoms with Gasteiger partial charge in [-0.2, -0.15) is 0 Å². The predicted octanol–water partition coefficient (Wildman–Crippen LogP) is 4.56. The van der Waals surface area contributed by atoms with E-state index in [-0.39, 0.29) is 5.91 Å². The molecule has 40 heavy (non-hydrogen) atoms. The van der Waals surface area contributed by atoms with Crippen LogP contribution in [-0.4, -0.2) is 67.3 Å². The van der Waals surface area contributed by atoms with Gasteiger partial charge in [-0.3, -0.25) is 9.59 Å². The minimum atomic E-state index is -0.921. The highest BCUT2D eigenvalue weighted by molar-refractivity contribution is 6.06. The van der Waals surface area contributed by atoms with Gasteiger partial charge in [0.15, 0.2) is 0 Å². The van der Waals surface area contributed by atoms with Gasteiger partial charge < -0.3 is 25.0 Å². The van der Waals surface area contributed by atoms with Crippen molar-refractivity contribution in [2.24, 2.45) is 0 Å². The van der Waals surface area contributed by atoms with Crippen LogP contribution in [0.1, 0.15) is 40.2 Å². The first kappa shape index (κ1) is 27.1. The SMILES string of the molecule is CC(C(=O)O)c1c(N(C)C)nc(Cc2ccc(NC(=O)c3ccc4ccccc4c3)cc2)nc1N1CCOCC1. The molecule has 206 valence electrons. The van der Waals surface area contributed by atoms with Crippen LogP contribution in [0.3, 0.4) is 0 Å². The number of amides is 1. The lowest BCUT2D eigenvalue weighted by Crippen LogP contribution is -2.38. The molecule has 1 saturated heterocycles. The number of ether oxygens (including phenoxy) is 1. The van der Waals surface area contributed by atoms with Crippen molar-refractivity contribution in [3.8, 4) is 0 Å². The molecule has 1 aliphatic rings. The molecule has 1 aliphatic heterocycles. The van der Waals surface area contributed by atoms with Gasteiger partial charge >= 0.3 is 5.97 Å². The lowest BCUT2D eigenvalue weighted by atomic mass is 10.0. The number of aliphatic carboxylic acids is 1. The standard InChI is InChI=1S/C31H33N5O4/c1-20(31(38)39)27-28(35(2)3)33-26(34-29(27)36-14-16-40-17-15-36)18-21-8-12-25(13-9-21)32-30(37)24-11-10-22-6-4-5-7-23(22)19-24/h4-13,19-20H,14-18H2,1-3H3,(H,32,37)(H,38,39). The van der Waals surface area contributed by atoms with E-state index < -0.39 is 11.9 Å². The van der Waals surface area contributed by atoms with Gasteiger partial charge in [-0.25, -0.2) is 9.97 Å². The molecule has 2 N–H and O–H groups in total. The molecule has 9 nitrogen and oxygen atoms in total. The molecule has 0 bridgehead atoms. The number of hydrogen-bond acceptors (Lipinski definition) is 7. The molecule has 1 amide bonds. The molecule has 2 heterocycles. The van der Waals surface area contributed by atoms with Gasteiger partial charge in [-0.1, -0.05) is 42.5 Å². The summed E-state index contributed by atoms with van der Waals surface area (Å²) in [7, 11) is 3.72. The number of carbonyl (C=O) groups is 2. The summed E-state index contributed by atoms with van der Waals surface area (Å²) in [6, 6.07) is 21.2. The minimum Gasteiger partial charge on any atom is -0.481 e. The van der Waals surface area contributed by atoms with Crippen LogP contribution in [0.15, 0.2) is 66.7 Å². The van der Waals surface area contributed by atoms with Gasteiger partial charge in [0.2, 0.25) is 0 Å². The second kappa shape index (κ2) is 11.7. The fourth-order valence-electron chi connectivity index (χ4n) is 4.86. The van der Waals surface area contributed by atoms with Crippen LogP contribution in [0.2, 0.25) is 0 Å². The van der Waals surface area contributed by atoms with E-state index in [4.69, 9.17) is 14.7 Å². The molecule has 9 heteroatoms. The summed E-state index contributed by atoms with van der Waals surface area (Å²) in [4.78, 5) is 38.4. The summed E-state index contributed by atoms with van der Waals surface area (Å²) in [6.45, 7) is 4.05. The first-order valence-electron chi connectivity index (χ1n) is 13.3. The van der Waals surface area contributed by atoms with E-state index in [2.05, 4.69) is 10.2 Å².